The summed E-state index contributed by atoms with van der Waals surface area (Å²) in [7, 11) is -3.13. The van der Waals surface area contributed by atoms with Gasteiger partial charge < -0.3 is 9.88 Å². The first-order chi connectivity index (χ1) is 14.9. The van der Waals surface area contributed by atoms with Crippen LogP contribution in [0.25, 0.3) is 10.9 Å². The zero-order chi connectivity index (χ0) is 21.6. The van der Waals surface area contributed by atoms with E-state index in [9.17, 15) is 18.0 Å². The molecule has 1 N–H and O–H groups in total. The largest absolute Gasteiger partial charge is 0.361 e. The Morgan fingerprint density at radius 3 is 2.61 bits per heavy atom. The average molecular weight is 443 g/mol. The number of amides is 2. The summed E-state index contributed by atoms with van der Waals surface area (Å²) in [4.78, 5) is 30.6. The van der Waals surface area contributed by atoms with Gasteiger partial charge in [-0.05, 0) is 36.8 Å². The van der Waals surface area contributed by atoms with E-state index < -0.39 is 15.9 Å². The summed E-state index contributed by atoms with van der Waals surface area (Å²) in [6.45, 7) is 1.29. The van der Waals surface area contributed by atoms with E-state index in [1.807, 2.05) is 17.0 Å². The van der Waals surface area contributed by atoms with E-state index in [1.165, 1.54) is 16.0 Å². The minimum Gasteiger partial charge on any atom is -0.361 e. The number of hydrogen-bond acceptors (Lipinski definition) is 5. The third kappa shape index (κ3) is 3.86. The molecule has 1 aromatic carbocycles. The van der Waals surface area contributed by atoms with Crippen LogP contribution in [0.5, 0.6) is 0 Å². The fourth-order valence-electron chi connectivity index (χ4n) is 4.99. The van der Waals surface area contributed by atoms with E-state index in [2.05, 4.69) is 28.4 Å². The van der Waals surface area contributed by atoms with Crippen molar-refractivity contribution in [3.05, 3.63) is 36.0 Å². The molecule has 0 saturated carbocycles. The molecule has 5 rings (SSSR count). The highest BCUT2D eigenvalue weighted by atomic mass is 32.2. The van der Waals surface area contributed by atoms with E-state index >= 15 is 0 Å². The lowest BCUT2D eigenvalue weighted by Crippen LogP contribution is -2.46. The molecule has 2 aromatic rings. The summed E-state index contributed by atoms with van der Waals surface area (Å²) in [5, 5.41) is 6.84. The summed E-state index contributed by atoms with van der Waals surface area (Å²) in [5.41, 5.74) is 2.80. The molecule has 9 heteroatoms. The number of fused-ring (bicyclic) bond motifs is 1. The molecular weight excluding hydrogens is 416 g/mol. The van der Waals surface area contributed by atoms with E-state index in [0.29, 0.717) is 37.6 Å². The Bertz CT molecular complexity index is 1160. The Morgan fingerprint density at radius 2 is 1.87 bits per heavy atom. The smallest absolute Gasteiger partial charge is 0.270 e. The van der Waals surface area contributed by atoms with Crippen LogP contribution in [0.4, 0.5) is 0 Å². The van der Waals surface area contributed by atoms with Crippen molar-refractivity contribution in [3.8, 4) is 0 Å². The summed E-state index contributed by atoms with van der Waals surface area (Å²) in [6, 6.07) is 7.81. The molecular formula is C22H26N4O4S. The second kappa shape index (κ2) is 7.78. The number of para-hydroxylation sites is 1. The van der Waals surface area contributed by atoms with Crippen molar-refractivity contribution in [3.63, 3.8) is 0 Å². The van der Waals surface area contributed by atoms with Gasteiger partial charge in [-0.15, -0.1) is 0 Å². The van der Waals surface area contributed by atoms with E-state index in [0.717, 1.165) is 18.4 Å². The number of piperidine rings is 1. The van der Waals surface area contributed by atoms with Gasteiger partial charge in [-0.1, -0.05) is 18.2 Å². The van der Waals surface area contributed by atoms with Gasteiger partial charge in [0, 0.05) is 43.0 Å². The zero-order valence-electron chi connectivity index (χ0n) is 17.3. The Balaban J connectivity index is 1.27. The van der Waals surface area contributed by atoms with Crippen LogP contribution < -0.4 is 0 Å². The van der Waals surface area contributed by atoms with E-state index in [1.54, 1.807) is 0 Å². The number of aromatic amines is 1. The molecule has 164 valence electrons. The van der Waals surface area contributed by atoms with Gasteiger partial charge in [0.25, 0.3) is 5.91 Å². The van der Waals surface area contributed by atoms with Crippen molar-refractivity contribution in [2.45, 2.75) is 44.1 Å². The van der Waals surface area contributed by atoms with Gasteiger partial charge in [-0.25, -0.2) is 13.4 Å². The number of benzene rings is 1. The van der Waals surface area contributed by atoms with Crippen LogP contribution >= 0.6 is 0 Å². The van der Waals surface area contributed by atoms with Crippen LogP contribution in [-0.2, 0) is 19.4 Å². The third-order valence-electron chi connectivity index (χ3n) is 6.70. The predicted molar refractivity (Wildman–Crippen MR) is 117 cm³/mol. The second-order valence-electron chi connectivity index (χ2n) is 8.70. The molecule has 2 amide bonds. The minimum absolute atomic E-state index is 0.0697. The molecule has 31 heavy (non-hydrogen) atoms. The zero-order valence-corrected chi connectivity index (χ0v) is 18.1. The van der Waals surface area contributed by atoms with Gasteiger partial charge in [-0.3, -0.25) is 9.59 Å². The normalized spacial score (nSPS) is 24.6. The molecule has 0 unspecified atom stereocenters. The summed E-state index contributed by atoms with van der Waals surface area (Å²) in [5.74, 6) is 0.0732. The molecule has 8 nitrogen and oxygen atoms in total. The number of likely N-dealkylation sites (tertiary alicyclic amines) is 1. The van der Waals surface area contributed by atoms with Crippen molar-refractivity contribution in [1.82, 2.24) is 14.9 Å². The Kier molecular flexibility index (Phi) is 5.08. The van der Waals surface area contributed by atoms with Crippen molar-refractivity contribution in [1.29, 1.82) is 0 Å². The van der Waals surface area contributed by atoms with Crippen LogP contribution in [0.3, 0.4) is 0 Å². The number of nitrogens with zero attached hydrogens (tertiary/aromatic N) is 3. The number of hydrazone groups is 1. The predicted octanol–water partition coefficient (Wildman–Crippen LogP) is 2.04. The van der Waals surface area contributed by atoms with Crippen molar-refractivity contribution in [2.75, 3.05) is 24.6 Å². The first-order valence-corrected chi connectivity index (χ1v) is 12.7. The standard InChI is InChI=1S/C22H26N4O4S/c27-21-6-5-20(24-26(21)16-9-12-31(29,30)14-16)22(28)25-10-7-15(8-11-25)18-13-23-19-4-2-1-3-17(18)19/h1-4,13,15-16,23H,5-12,14H2/t16-/m0/s1. The highest BCUT2D eigenvalue weighted by Crippen LogP contribution is 2.33. The molecule has 0 aliphatic carbocycles. The molecule has 1 atom stereocenters. The topological polar surface area (TPSA) is 103 Å². The maximum Gasteiger partial charge on any atom is 0.270 e. The molecule has 2 fully saturated rings. The SMILES string of the molecule is O=C(C1=NN([C@H]2CCS(=O)(=O)C2)C(=O)CC1)N1CCC(c2c[nH]c3ccccc23)CC1. The minimum atomic E-state index is -3.13. The lowest BCUT2D eigenvalue weighted by molar-refractivity contribution is -0.134. The lowest BCUT2D eigenvalue weighted by Gasteiger charge is -2.34. The van der Waals surface area contributed by atoms with Crippen LogP contribution in [0, 0.1) is 0 Å². The highest BCUT2D eigenvalue weighted by molar-refractivity contribution is 7.91. The number of aromatic nitrogens is 1. The number of carbonyl (C=O) groups is 2. The summed E-state index contributed by atoms with van der Waals surface area (Å²) < 4.78 is 23.6. The lowest BCUT2D eigenvalue weighted by atomic mass is 9.89. The fourth-order valence-corrected chi connectivity index (χ4v) is 6.68. The summed E-state index contributed by atoms with van der Waals surface area (Å²) >= 11 is 0. The van der Waals surface area contributed by atoms with Gasteiger partial charge in [0.05, 0.1) is 17.5 Å². The number of hydrogen-bond donors (Lipinski definition) is 1. The molecule has 1 aromatic heterocycles. The average Bonchev–Trinajstić information content (AvgIpc) is 3.37. The first-order valence-electron chi connectivity index (χ1n) is 10.9. The number of rotatable bonds is 3. The molecule has 3 aliphatic heterocycles. The highest BCUT2D eigenvalue weighted by Gasteiger charge is 2.38. The molecule has 0 radical (unpaired) electrons. The van der Waals surface area contributed by atoms with E-state index in [4.69, 9.17) is 0 Å². The number of nitrogens with one attached hydrogen (secondary N) is 1. The summed E-state index contributed by atoms with van der Waals surface area (Å²) in [6.07, 6.45) is 4.74. The maximum absolute atomic E-state index is 13.1. The molecule has 3 aliphatic rings. The van der Waals surface area contributed by atoms with Crippen LogP contribution in [0.15, 0.2) is 35.6 Å². The van der Waals surface area contributed by atoms with Crippen molar-refractivity contribution in [2.24, 2.45) is 5.10 Å². The van der Waals surface area contributed by atoms with Crippen molar-refractivity contribution >= 4 is 38.3 Å². The Morgan fingerprint density at radius 1 is 1.10 bits per heavy atom. The second-order valence-corrected chi connectivity index (χ2v) is 10.9. The van der Waals surface area contributed by atoms with E-state index in [-0.39, 0.29) is 29.7 Å². The molecule has 2 saturated heterocycles. The van der Waals surface area contributed by atoms with Crippen LogP contribution in [-0.4, -0.2) is 71.5 Å². The first kappa shape index (κ1) is 20.2. The van der Waals surface area contributed by atoms with Gasteiger partial charge in [0.2, 0.25) is 5.91 Å². The van der Waals surface area contributed by atoms with Gasteiger partial charge in [0.1, 0.15) is 5.71 Å². The Labute approximate surface area is 181 Å². The fraction of sp³-hybridized carbons (Fsp3) is 0.500. The number of carbonyl (C=O) groups excluding carboxylic acids is 2. The van der Waals surface area contributed by atoms with Crippen LogP contribution in [0.2, 0.25) is 0 Å². The molecule has 0 spiro atoms. The monoisotopic (exact) mass is 442 g/mol. The number of H-pyrrole nitrogens is 1. The number of sulfone groups is 1. The third-order valence-corrected chi connectivity index (χ3v) is 8.45. The Hall–Kier alpha value is -2.68. The van der Waals surface area contributed by atoms with Crippen LogP contribution in [0.1, 0.15) is 43.6 Å². The quantitative estimate of drug-likeness (QED) is 0.786. The molecule has 0 bridgehead atoms. The van der Waals surface area contributed by atoms with Crippen molar-refractivity contribution < 1.29 is 18.0 Å². The maximum atomic E-state index is 13.1. The van der Waals surface area contributed by atoms with Gasteiger partial charge in [-0.2, -0.15) is 5.10 Å². The van der Waals surface area contributed by atoms with Gasteiger partial charge in [0.15, 0.2) is 9.84 Å². The molecule has 4 heterocycles. The van der Waals surface area contributed by atoms with Gasteiger partial charge >= 0.3 is 0 Å².